The van der Waals surface area contributed by atoms with Crippen LogP contribution in [0.2, 0.25) is 0 Å². The maximum absolute atomic E-state index is 13.0. The lowest BCUT2D eigenvalue weighted by molar-refractivity contribution is -0.385. The minimum absolute atomic E-state index is 0.0734. The van der Waals surface area contributed by atoms with Crippen LogP contribution in [0.15, 0.2) is 48.7 Å². The van der Waals surface area contributed by atoms with Gasteiger partial charge in [0.25, 0.3) is 11.6 Å². The van der Waals surface area contributed by atoms with Crippen molar-refractivity contribution in [1.29, 1.82) is 0 Å². The van der Waals surface area contributed by atoms with E-state index in [1.807, 2.05) is 18.2 Å². The molecule has 0 unspecified atom stereocenters. The molecule has 1 aliphatic heterocycles. The summed E-state index contributed by atoms with van der Waals surface area (Å²) in [5.74, 6) is 1.53. The van der Waals surface area contributed by atoms with Gasteiger partial charge in [-0.2, -0.15) is 11.8 Å². The summed E-state index contributed by atoms with van der Waals surface area (Å²) in [6.45, 7) is 0.358. The predicted molar refractivity (Wildman–Crippen MR) is 92.9 cm³/mol. The molecule has 2 heterocycles. The number of carbonyl (C=O) groups is 1. The Morgan fingerprint density at radius 1 is 1.29 bits per heavy atom. The van der Waals surface area contributed by atoms with Crippen LogP contribution in [0.4, 0.5) is 5.69 Å². The molecule has 1 amide bonds. The fourth-order valence-corrected chi connectivity index (χ4v) is 3.99. The fourth-order valence-electron chi connectivity index (χ4n) is 2.77. The maximum atomic E-state index is 13.0. The lowest BCUT2D eigenvalue weighted by Crippen LogP contribution is -2.40. The van der Waals surface area contributed by atoms with E-state index in [0.717, 1.165) is 23.6 Å². The summed E-state index contributed by atoms with van der Waals surface area (Å²) >= 11 is 1.80. The maximum Gasteiger partial charge on any atom is 0.282 e. The lowest BCUT2D eigenvalue weighted by atomic mass is 10.1. The molecular weight excluding hydrogens is 326 g/mol. The number of thioether (sulfide) groups is 1. The van der Waals surface area contributed by atoms with E-state index in [-0.39, 0.29) is 23.2 Å². The van der Waals surface area contributed by atoms with Gasteiger partial charge in [0, 0.05) is 24.1 Å². The number of nitro groups is 1. The normalized spacial score (nSPS) is 16.8. The van der Waals surface area contributed by atoms with E-state index < -0.39 is 4.92 Å². The van der Waals surface area contributed by atoms with Crippen LogP contribution in [-0.4, -0.2) is 38.3 Å². The number of benzene rings is 1. The van der Waals surface area contributed by atoms with E-state index in [1.165, 1.54) is 12.1 Å². The molecule has 1 fully saturated rings. The zero-order chi connectivity index (χ0) is 16.9. The predicted octanol–water partition coefficient (Wildman–Crippen LogP) is 3.14. The van der Waals surface area contributed by atoms with Gasteiger partial charge in [-0.1, -0.05) is 18.2 Å². The molecule has 6 nitrogen and oxygen atoms in total. The molecule has 0 radical (unpaired) electrons. The number of pyridine rings is 1. The van der Waals surface area contributed by atoms with Crippen molar-refractivity contribution in [3.8, 4) is 0 Å². The zero-order valence-electron chi connectivity index (χ0n) is 13.0. The second kappa shape index (κ2) is 7.44. The van der Waals surface area contributed by atoms with Crippen LogP contribution >= 0.6 is 11.8 Å². The van der Waals surface area contributed by atoms with Crippen LogP contribution in [0.3, 0.4) is 0 Å². The number of amides is 1. The molecule has 24 heavy (non-hydrogen) atoms. The van der Waals surface area contributed by atoms with Gasteiger partial charge in [0.05, 0.1) is 17.2 Å². The van der Waals surface area contributed by atoms with Gasteiger partial charge in [-0.15, -0.1) is 0 Å². The highest BCUT2D eigenvalue weighted by atomic mass is 32.2. The molecule has 0 N–H and O–H groups in total. The van der Waals surface area contributed by atoms with Crippen molar-refractivity contribution in [2.24, 2.45) is 0 Å². The van der Waals surface area contributed by atoms with Crippen LogP contribution in [0.1, 0.15) is 22.5 Å². The highest BCUT2D eigenvalue weighted by Gasteiger charge is 2.31. The number of carbonyl (C=O) groups excluding carboxylic acids is 1. The molecule has 0 aliphatic carbocycles. The van der Waals surface area contributed by atoms with E-state index in [4.69, 9.17) is 0 Å². The fraction of sp³-hybridized carbons (Fsp3) is 0.294. The molecule has 2 aromatic rings. The summed E-state index contributed by atoms with van der Waals surface area (Å²) in [5, 5.41) is 11.2. The standard InChI is InChI=1S/C17H17N3O3S/c21-17(15-6-1-2-7-16(15)20(22)23)19(14-8-10-24-12-14)11-13-5-3-4-9-18-13/h1-7,9,14H,8,10-12H2/t14-/m0/s1. The molecule has 1 aliphatic rings. The first kappa shape index (κ1) is 16.4. The number of nitro benzene ring substituents is 1. The molecule has 124 valence electrons. The van der Waals surface area contributed by atoms with Crippen molar-refractivity contribution in [2.75, 3.05) is 11.5 Å². The molecule has 1 aromatic heterocycles. The highest BCUT2D eigenvalue weighted by Crippen LogP contribution is 2.27. The first-order valence-electron chi connectivity index (χ1n) is 7.69. The summed E-state index contributed by atoms with van der Waals surface area (Å²) in [6, 6.07) is 11.8. The van der Waals surface area contributed by atoms with E-state index in [9.17, 15) is 14.9 Å². The molecule has 1 saturated heterocycles. The Hall–Kier alpha value is -2.41. The molecule has 0 bridgehead atoms. The van der Waals surface area contributed by atoms with E-state index >= 15 is 0 Å². The van der Waals surface area contributed by atoms with Gasteiger partial charge in [-0.25, -0.2) is 0 Å². The number of para-hydroxylation sites is 1. The molecule has 7 heteroatoms. The minimum atomic E-state index is -0.504. The molecule has 1 atom stereocenters. The number of aromatic nitrogens is 1. The van der Waals surface area contributed by atoms with Crippen molar-refractivity contribution in [3.63, 3.8) is 0 Å². The average molecular weight is 343 g/mol. The lowest BCUT2D eigenvalue weighted by Gasteiger charge is -2.28. The summed E-state index contributed by atoms with van der Waals surface area (Å²) < 4.78 is 0. The Kier molecular flexibility index (Phi) is 5.10. The Bertz CT molecular complexity index is 733. The van der Waals surface area contributed by atoms with E-state index in [1.54, 1.807) is 35.0 Å². The number of rotatable bonds is 5. The first-order chi connectivity index (χ1) is 11.7. The van der Waals surface area contributed by atoms with Crippen molar-refractivity contribution in [1.82, 2.24) is 9.88 Å². The van der Waals surface area contributed by atoms with Crippen molar-refractivity contribution < 1.29 is 9.72 Å². The largest absolute Gasteiger partial charge is 0.329 e. The molecule has 1 aromatic carbocycles. The van der Waals surface area contributed by atoms with Gasteiger partial charge in [-0.3, -0.25) is 19.9 Å². The van der Waals surface area contributed by atoms with Gasteiger partial charge >= 0.3 is 0 Å². The second-order valence-corrected chi connectivity index (χ2v) is 6.70. The monoisotopic (exact) mass is 343 g/mol. The van der Waals surface area contributed by atoms with Gasteiger partial charge in [0.1, 0.15) is 5.56 Å². The van der Waals surface area contributed by atoms with Crippen molar-refractivity contribution in [3.05, 3.63) is 70.0 Å². The van der Waals surface area contributed by atoms with Crippen LogP contribution < -0.4 is 0 Å². The van der Waals surface area contributed by atoms with E-state index in [2.05, 4.69) is 4.98 Å². The van der Waals surface area contributed by atoms with Crippen molar-refractivity contribution >= 4 is 23.4 Å². The molecule has 0 saturated carbocycles. The number of nitrogens with zero attached hydrogens (tertiary/aromatic N) is 3. The summed E-state index contributed by atoms with van der Waals surface area (Å²) in [6.07, 6.45) is 2.58. The third-order valence-electron chi connectivity index (χ3n) is 4.00. The van der Waals surface area contributed by atoms with Gasteiger partial charge < -0.3 is 4.90 Å². The Morgan fingerprint density at radius 2 is 2.08 bits per heavy atom. The Labute approximate surface area is 144 Å². The Balaban J connectivity index is 1.93. The quantitative estimate of drug-likeness (QED) is 0.616. The second-order valence-electron chi connectivity index (χ2n) is 5.55. The summed E-state index contributed by atoms with van der Waals surface area (Å²) in [5.41, 5.74) is 0.760. The van der Waals surface area contributed by atoms with Crippen LogP contribution in [-0.2, 0) is 6.54 Å². The molecule has 0 spiro atoms. The highest BCUT2D eigenvalue weighted by molar-refractivity contribution is 7.99. The number of hydrogen-bond donors (Lipinski definition) is 0. The summed E-state index contributed by atoms with van der Waals surface area (Å²) in [4.78, 5) is 29.8. The smallest absolute Gasteiger partial charge is 0.282 e. The van der Waals surface area contributed by atoms with E-state index in [0.29, 0.717) is 6.54 Å². The SMILES string of the molecule is O=C(c1ccccc1[N+](=O)[O-])N(Cc1ccccn1)[C@H]1CCSC1. The third kappa shape index (κ3) is 3.56. The minimum Gasteiger partial charge on any atom is -0.329 e. The molecule has 3 rings (SSSR count). The topological polar surface area (TPSA) is 76.3 Å². The third-order valence-corrected chi connectivity index (χ3v) is 5.14. The number of hydrogen-bond acceptors (Lipinski definition) is 5. The van der Waals surface area contributed by atoms with Crippen LogP contribution in [0.25, 0.3) is 0 Å². The van der Waals surface area contributed by atoms with Crippen molar-refractivity contribution in [2.45, 2.75) is 19.0 Å². The van der Waals surface area contributed by atoms with Gasteiger partial charge in [0.2, 0.25) is 0 Å². The first-order valence-corrected chi connectivity index (χ1v) is 8.84. The molecular formula is C17H17N3O3S. The zero-order valence-corrected chi connectivity index (χ0v) is 13.8. The summed E-state index contributed by atoms with van der Waals surface area (Å²) in [7, 11) is 0. The average Bonchev–Trinajstić information content (AvgIpc) is 3.14. The van der Waals surface area contributed by atoms with Crippen LogP contribution in [0.5, 0.6) is 0 Å². The van der Waals surface area contributed by atoms with Gasteiger partial charge in [-0.05, 0) is 30.4 Å². The van der Waals surface area contributed by atoms with Gasteiger partial charge in [0.15, 0.2) is 0 Å². The van der Waals surface area contributed by atoms with Crippen LogP contribution in [0, 0.1) is 10.1 Å². The Morgan fingerprint density at radius 3 is 2.75 bits per heavy atom.